The van der Waals surface area contributed by atoms with Crippen molar-refractivity contribution in [1.82, 2.24) is 10.2 Å². The molecule has 0 saturated carbocycles. The van der Waals surface area contributed by atoms with E-state index in [1.165, 1.54) is 12.1 Å². The fourth-order valence-corrected chi connectivity index (χ4v) is 4.31. The SMILES string of the molecule is O=C(NC(=S)Nc1ccc(N2CCN(C(=O)c3ccccc3F)CC2)cc1)c1cccc(Br)c1. The van der Waals surface area contributed by atoms with E-state index >= 15 is 0 Å². The molecule has 0 aliphatic carbocycles. The number of hydrogen-bond acceptors (Lipinski definition) is 4. The van der Waals surface area contributed by atoms with Gasteiger partial charge in [0.15, 0.2) is 5.11 Å². The van der Waals surface area contributed by atoms with E-state index in [-0.39, 0.29) is 22.5 Å². The number of anilines is 2. The molecule has 1 aliphatic heterocycles. The fourth-order valence-electron chi connectivity index (χ4n) is 3.70. The van der Waals surface area contributed by atoms with Gasteiger partial charge in [-0.15, -0.1) is 0 Å². The molecular weight excluding hydrogens is 519 g/mol. The van der Waals surface area contributed by atoms with Crippen LogP contribution in [0, 0.1) is 5.82 Å². The number of carbonyl (C=O) groups excluding carboxylic acids is 2. The number of hydrogen-bond donors (Lipinski definition) is 2. The Bertz CT molecular complexity index is 1210. The van der Waals surface area contributed by atoms with Crippen LogP contribution in [0.3, 0.4) is 0 Å². The molecule has 174 valence electrons. The summed E-state index contributed by atoms with van der Waals surface area (Å²) < 4.78 is 14.8. The van der Waals surface area contributed by atoms with Gasteiger partial charge in [-0.1, -0.05) is 34.1 Å². The molecule has 0 atom stereocenters. The molecule has 2 N–H and O–H groups in total. The van der Waals surface area contributed by atoms with Crippen molar-refractivity contribution in [3.8, 4) is 0 Å². The van der Waals surface area contributed by atoms with Crippen molar-refractivity contribution in [2.45, 2.75) is 0 Å². The highest BCUT2D eigenvalue weighted by atomic mass is 79.9. The zero-order chi connectivity index (χ0) is 24.1. The Morgan fingerprint density at radius 2 is 1.62 bits per heavy atom. The van der Waals surface area contributed by atoms with Gasteiger partial charge in [0.1, 0.15) is 5.82 Å². The summed E-state index contributed by atoms with van der Waals surface area (Å²) in [6.45, 7) is 2.32. The molecule has 3 aromatic carbocycles. The summed E-state index contributed by atoms with van der Waals surface area (Å²) >= 11 is 8.61. The van der Waals surface area contributed by atoms with E-state index in [9.17, 15) is 14.0 Å². The summed E-state index contributed by atoms with van der Waals surface area (Å²) in [6.07, 6.45) is 0. The van der Waals surface area contributed by atoms with E-state index in [0.717, 1.165) is 15.8 Å². The molecular formula is C25H22BrFN4O2S. The summed E-state index contributed by atoms with van der Waals surface area (Å²) in [5, 5.41) is 5.89. The Morgan fingerprint density at radius 3 is 2.29 bits per heavy atom. The van der Waals surface area contributed by atoms with Gasteiger partial charge >= 0.3 is 0 Å². The highest BCUT2D eigenvalue weighted by Gasteiger charge is 2.24. The third-order valence-corrected chi connectivity index (χ3v) is 6.17. The summed E-state index contributed by atoms with van der Waals surface area (Å²) in [4.78, 5) is 28.8. The van der Waals surface area contributed by atoms with Crippen LogP contribution >= 0.6 is 28.1 Å². The van der Waals surface area contributed by atoms with E-state index in [4.69, 9.17) is 12.2 Å². The molecule has 0 unspecified atom stereocenters. The van der Waals surface area contributed by atoms with Gasteiger partial charge < -0.3 is 15.1 Å². The van der Waals surface area contributed by atoms with Gasteiger partial charge in [-0.3, -0.25) is 14.9 Å². The maximum atomic E-state index is 13.9. The predicted octanol–water partition coefficient (Wildman–Crippen LogP) is 4.68. The average molecular weight is 541 g/mol. The maximum Gasteiger partial charge on any atom is 0.257 e. The third-order valence-electron chi connectivity index (χ3n) is 5.48. The van der Waals surface area contributed by atoms with Gasteiger partial charge in [0, 0.05) is 47.6 Å². The highest BCUT2D eigenvalue weighted by Crippen LogP contribution is 2.21. The van der Waals surface area contributed by atoms with Gasteiger partial charge in [0.25, 0.3) is 11.8 Å². The molecule has 0 spiro atoms. The zero-order valence-electron chi connectivity index (χ0n) is 18.1. The topological polar surface area (TPSA) is 64.7 Å². The Labute approximate surface area is 210 Å². The van der Waals surface area contributed by atoms with E-state index in [1.807, 2.05) is 30.3 Å². The maximum absolute atomic E-state index is 13.9. The summed E-state index contributed by atoms with van der Waals surface area (Å²) in [5.74, 6) is -1.07. The predicted molar refractivity (Wildman–Crippen MR) is 139 cm³/mol. The molecule has 0 bridgehead atoms. The first-order valence-electron chi connectivity index (χ1n) is 10.7. The number of carbonyl (C=O) groups is 2. The van der Waals surface area contributed by atoms with Gasteiger partial charge in [0.2, 0.25) is 0 Å². The molecule has 1 fully saturated rings. The van der Waals surface area contributed by atoms with Crippen LogP contribution in [0.25, 0.3) is 0 Å². The lowest BCUT2D eigenvalue weighted by Crippen LogP contribution is -2.49. The molecule has 4 rings (SSSR count). The monoisotopic (exact) mass is 540 g/mol. The number of rotatable bonds is 4. The Balaban J connectivity index is 1.29. The number of piperazine rings is 1. The Morgan fingerprint density at radius 1 is 0.912 bits per heavy atom. The Hall–Kier alpha value is -3.30. The first-order valence-corrected chi connectivity index (χ1v) is 11.9. The standard InChI is InChI=1S/C25H22BrFN4O2S/c26-18-5-3-4-17(16-18)23(32)29-25(34)28-19-8-10-20(11-9-19)30-12-14-31(15-13-30)24(33)21-6-1-2-7-22(21)27/h1-11,16H,12-15H2,(H2,28,29,32,34). The van der Waals surface area contributed by atoms with E-state index in [1.54, 1.807) is 35.2 Å². The first kappa shape index (κ1) is 23.8. The Kier molecular flexibility index (Phi) is 7.54. The van der Waals surface area contributed by atoms with E-state index < -0.39 is 5.82 Å². The average Bonchev–Trinajstić information content (AvgIpc) is 2.84. The first-order chi connectivity index (χ1) is 16.4. The zero-order valence-corrected chi connectivity index (χ0v) is 20.5. The van der Waals surface area contributed by atoms with Crippen LogP contribution in [-0.4, -0.2) is 48.0 Å². The minimum absolute atomic E-state index is 0.106. The molecule has 1 heterocycles. The normalized spacial score (nSPS) is 13.4. The number of nitrogens with zero attached hydrogens (tertiary/aromatic N) is 2. The van der Waals surface area contributed by atoms with Crippen molar-refractivity contribution in [3.05, 3.63) is 94.2 Å². The molecule has 34 heavy (non-hydrogen) atoms. The second-order valence-electron chi connectivity index (χ2n) is 7.72. The number of amides is 2. The number of halogens is 2. The molecule has 0 aromatic heterocycles. The van der Waals surface area contributed by atoms with Crippen LogP contribution < -0.4 is 15.5 Å². The van der Waals surface area contributed by atoms with Crippen molar-refractivity contribution >= 4 is 56.4 Å². The minimum Gasteiger partial charge on any atom is -0.368 e. The lowest BCUT2D eigenvalue weighted by atomic mass is 10.1. The van der Waals surface area contributed by atoms with E-state index in [2.05, 4.69) is 31.5 Å². The molecule has 1 saturated heterocycles. The van der Waals surface area contributed by atoms with Crippen molar-refractivity contribution in [2.24, 2.45) is 0 Å². The van der Waals surface area contributed by atoms with Crippen LogP contribution in [-0.2, 0) is 0 Å². The largest absolute Gasteiger partial charge is 0.368 e. The highest BCUT2D eigenvalue weighted by molar-refractivity contribution is 9.10. The lowest BCUT2D eigenvalue weighted by Gasteiger charge is -2.36. The second-order valence-corrected chi connectivity index (χ2v) is 9.05. The lowest BCUT2D eigenvalue weighted by molar-refractivity contribution is 0.0742. The number of nitrogens with one attached hydrogen (secondary N) is 2. The van der Waals surface area contributed by atoms with Gasteiger partial charge in [-0.25, -0.2) is 4.39 Å². The van der Waals surface area contributed by atoms with Gasteiger partial charge in [0.05, 0.1) is 5.56 Å². The number of thiocarbonyl (C=S) groups is 1. The van der Waals surface area contributed by atoms with E-state index in [0.29, 0.717) is 31.7 Å². The van der Waals surface area contributed by atoms with Crippen LogP contribution in [0.15, 0.2) is 77.3 Å². The molecule has 6 nitrogen and oxygen atoms in total. The number of benzene rings is 3. The molecule has 2 amide bonds. The van der Waals surface area contributed by atoms with Crippen LogP contribution in [0.1, 0.15) is 20.7 Å². The second kappa shape index (κ2) is 10.8. The smallest absolute Gasteiger partial charge is 0.257 e. The van der Waals surface area contributed by atoms with Gasteiger partial charge in [-0.05, 0) is 66.8 Å². The van der Waals surface area contributed by atoms with Crippen molar-refractivity contribution in [2.75, 3.05) is 36.4 Å². The van der Waals surface area contributed by atoms with Crippen LogP contribution in [0.2, 0.25) is 0 Å². The van der Waals surface area contributed by atoms with Crippen LogP contribution in [0.5, 0.6) is 0 Å². The summed E-state index contributed by atoms with van der Waals surface area (Å²) in [5.41, 5.74) is 2.36. The third kappa shape index (κ3) is 5.78. The quantitative estimate of drug-likeness (QED) is 0.470. The molecule has 3 aromatic rings. The molecule has 0 radical (unpaired) electrons. The molecule has 9 heteroatoms. The van der Waals surface area contributed by atoms with Crippen molar-refractivity contribution in [1.29, 1.82) is 0 Å². The summed E-state index contributed by atoms with van der Waals surface area (Å²) in [7, 11) is 0. The minimum atomic E-state index is -0.497. The summed E-state index contributed by atoms with van der Waals surface area (Å²) in [6, 6.07) is 20.8. The van der Waals surface area contributed by atoms with Crippen molar-refractivity contribution in [3.63, 3.8) is 0 Å². The molecule has 1 aliphatic rings. The van der Waals surface area contributed by atoms with Crippen LogP contribution in [0.4, 0.5) is 15.8 Å². The van der Waals surface area contributed by atoms with Gasteiger partial charge in [-0.2, -0.15) is 0 Å². The van der Waals surface area contributed by atoms with Crippen molar-refractivity contribution < 1.29 is 14.0 Å². The fraction of sp³-hybridized carbons (Fsp3) is 0.160.